The topological polar surface area (TPSA) is 93.4 Å². The van der Waals surface area contributed by atoms with Crippen molar-refractivity contribution >= 4 is 28.3 Å². The Kier molecular flexibility index (Phi) is 5.32. The second-order valence-corrected chi connectivity index (χ2v) is 9.42. The maximum Gasteiger partial charge on any atom is 0.216 e. The minimum atomic E-state index is -0.219. The zero-order valence-electron chi connectivity index (χ0n) is 18.5. The Hall–Kier alpha value is -2.64. The molecular formula is C23H32N6O2. The predicted octanol–water partition coefficient (Wildman–Crippen LogP) is 3.61. The molecule has 0 bridgehead atoms. The Morgan fingerprint density at radius 1 is 1.26 bits per heavy atom. The van der Waals surface area contributed by atoms with Gasteiger partial charge >= 0.3 is 0 Å². The van der Waals surface area contributed by atoms with Crippen molar-refractivity contribution in [3.05, 3.63) is 18.0 Å². The first kappa shape index (κ1) is 20.3. The van der Waals surface area contributed by atoms with Crippen molar-refractivity contribution in [2.75, 3.05) is 11.9 Å². The average molecular weight is 425 g/mol. The molecule has 3 heterocycles. The van der Waals surface area contributed by atoms with Crippen LogP contribution in [0, 0.1) is 5.92 Å². The zero-order chi connectivity index (χ0) is 21.4. The average Bonchev–Trinajstić information content (AvgIpc) is 3.37. The molecular weight excluding hydrogens is 392 g/mol. The molecule has 0 unspecified atom stereocenters. The summed E-state index contributed by atoms with van der Waals surface area (Å²) in [6.07, 6.45) is 12.8. The number of hydrogen-bond acceptors (Lipinski definition) is 6. The normalized spacial score (nSPS) is 25.9. The van der Waals surface area contributed by atoms with Crippen LogP contribution in [0.5, 0.6) is 0 Å². The number of amides is 1. The van der Waals surface area contributed by atoms with Crippen LogP contribution in [0.1, 0.15) is 70.8 Å². The molecule has 2 fully saturated rings. The molecule has 1 amide bonds. The summed E-state index contributed by atoms with van der Waals surface area (Å²) in [7, 11) is 0. The Bertz CT molecular complexity index is 1000. The monoisotopic (exact) mass is 424 g/mol. The zero-order valence-corrected chi connectivity index (χ0v) is 18.5. The number of oxime groups is 1. The lowest BCUT2D eigenvalue weighted by Gasteiger charge is -2.42. The lowest BCUT2D eigenvalue weighted by Crippen LogP contribution is -2.48. The van der Waals surface area contributed by atoms with Crippen LogP contribution in [0.25, 0.3) is 11.0 Å². The fourth-order valence-corrected chi connectivity index (χ4v) is 5.39. The van der Waals surface area contributed by atoms with Gasteiger partial charge in [-0.05, 0) is 38.5 Å². The van der Waals surface area contributed by atoms with E-state index in [4.69, 9.17) is 9.82 Å². The summed E-state index contributed by atoms with van der Waals surface area (Å²) in [5, 5.41) is 16.9. The van der Waals surface area contributed by atoms with E-state index in [-0.39, 0.29) is 11.5 Å². The Balaban J connectivity index is 1.38. The summed E-state index contributed by atoms with van der Waals surface area (Å²) < 4.78 is 1.94. The highest BCUT2D eigenvalue weighted by Crippen LogP contribution is 2.47. The highest BCUT2D eigenvalue weighted by Gasteiger charge is 2.51. The number of nitrogens with one attached hydrogen (secondary N) is 2. The van der Waals surface area contributed by atoms with Crippen molar-refractivity contribution in [2.24, 2.45) is 11.1 Å². The number of pyridine rings is 1. The van der Waals surface area contributed by atoms with Gasteiger partial charge in [0.1, 0.15) is 5.60 Å². The number of carbonyl (C=O) groups is 1. The number of anilines is 1. The lowest BCUT2D eigenvalue weighted by atomic mass is 9.68. The number of fused-ring (bicyclic) bond motifs is 1. The minimum absolute atomic E-state index is 0.0238. The molecule has 3 aliphatic rings. The maximum absolute atomic E-state index is 11.2. The van der Waals surface area contributed by atoms with Gasteiger partial charge in [-0.2, -0.15) is 5.10 Å². The van der Waals surface area contributed by atoms with Crippen molar-refractivity contribution in [3.63, 3.8) is 0 Å². The van der Waals surface area contributed by atoms with E-state index in [1.807, 2.05) is 17.1 Å². The summed E-state index contributed by atoms with van der Waals surface area (Å²) in [5.74, 6) is 0.484. The molecule has 2 aliphatic carbocycles. The van der Waals surface area contributed by atoms with Crippen LogP contribution in [0.4, 0.5) is 5.69 Å². The number of nitrogens with zero attached hydrogens (tertiary/aromatic N) is 4. The molecule has 2 aromatic rings. The summed E-state index contributed by atoms with van der Waals surface area (Å²) in [4.78, 5) is 21.9. The summed E-state index contributed by atoms with van der Waals surface area (Å²) in [6, 6.07) is 0.477. The maximum atomic E-state index is 11.2. The van der Waals surface area contributed by atoms with Crippen LogP contribution in [0.2, 0.25) is 0 Å². The van der Waals surface area contributed by atoms with Crippen LogP contribution in [0.15, 0.2) is 17.5 Å². The Labute approximate surface area is 182 Å². The quantitative estimate of drug-likeness (QED) is 0.739. The minimum Gasteiger partial charge on any atom is -0.389 e. The van der Waals surface area contributed by atoms with E-state index >= 15 is 0 Å². The number of hydrogen-bond donors (Lipinski definition) is 2. The van der Waals surface area contributed by atoms with Crippen LogP contribution in [0.3, 0.4) is 0 Å². The molecule has 166 valence electrons. The van der Waals surface area contributed by atoms with E-state index in [9.17, 15) is 4.79 Å². The molecule has 0 atom stereocenters. The number of aryl methyl sites for hydroxylation is 1. The highest BCUT2D eigenvalue weighted by atomic mass is 16.7. The van der Waals surface area contributed by atoms with Crippen LogP contribution in [-0.4, -0.2) is 44.6 Å². The van der Waals surface area contributed by atoms with E-state index in [1.54, 1.807) is 6.92 Å². The second-order valence-electron chi connectivity index (χ2n) is 9.42. The number of rotatable bonds is 6. The van der Waals surface area contributed by atoms with Gasteiger partial charge in [0.05, 0.1) is 23.0 Å². The Morgan fingerprint density at radius 3 is 2.81 bits per heavy atom. The van der Waals surface area contributed by atoms with E-state index in [1.165, 1.54) is 32.1 Å². The predicted molar refractivity (Wildman–Crippen MR) is 120 cm³/mol. The molecule has 31 heavy (non-hydrogen) atoms. The standard InChI is InChI=1S/C23H32N6O2/c1-3-29-22-19(14-26-29)21(27-17-7-5-4-6-8-17)18(13-25-22)20-11-23(31-28-20)9-16(10-23)12-24-15(2)30/h13-14,16-17H,3-12H2,1-2H3,(H,24,30)(H,25,27). The van der Waals surface area contributed by atoms with Gasteiger partial charge in [0.2, 0.25) is 5.91 Å². The largest absolute Gasteiger partial charge is 0.389 e. The van der Waals surface area contributed by atoms with E-state index in [2.05, 4.69) is 27.8 Å². The third-order valence-electron chi connectivity index (χ3n) is 7.03. The molecule has 1 spiro atoms. The fraction of sp³-hybridized carbons (Fsp3) is 0.652. The molecule has 0 saturated heterocycles. The highest BCUT2D eigenvalue weighted by molar-refractivity contribution is 6.10. The third-order valence-corrected chi connectivity index (χ3v) is 7.03. The van der Waals surface area contributed by atoms with Crippen molar-refractivity contribution in [1.82, 2.24) is 20.1 Å². The van der Waals surface area contributed by atoms with Gasteiger partial charge in [-0.25, -0.2) is 9.67 Å². The molecule has 0 aromatic carbocycles. The van der Waals surface area contributed by atoms with Gasteiger partial charge in [-0.1, -0.05) is 24.4 Å². The van der Waals surface area contributed by atoms with Crippen molar-refractivity contribution in [3.8, 4) is 0 Å². The van der Waals surface area contributed by atoms with E-state index < -0.39 is 0 Å². The summed E-state index contributed by atoms with van der Waals surface area (Å²) in [5.41, 5.74) is 3.80. The summed E-state index contributed by atoms with van der Waals surface area (Å²) >= 11 is 0. The van der Waals surface area contributed by atoms with Crippen LogP contribution >= 0.6 is 0 Å². The number of aromatic nitrogens is 3. The first-order chi connectivity index (χ1) is 15.1. The second kappa shape index (κ2) is 8.13. The van der Waals surface area contributed by atoms with Crippen LogP contribution < -0.4 is 10.6 Å². The van der Waals surface area contributed by atoms with Gasteiger partial charge in [-0.3, -0.25) is 4.79 Å². The van der Waals surface area contributed by atoms with Crippen LogP contribution in [-0.2, 0) is 16.2 Å². The fourth-order valence-electron chi connectivity index (χ4n) is 5.39. The smallest absolute Gasteiger partial charge is 0.216 e. The first-order valence-electron chi connectivity index (χ1n) is 11.7. The third kappa shape index (κ3) is 3.88. The summed E-state index contributed by atoms with van der Waals surface area (Å²) in [6.45, 7) is 5.16. The van der Waals surface area contributed by atoms with Crippen molar-refractivity contribution in [1.29, 1.82) is 0 Å². The van der Waals surface area contributed by atoms with Gasteiger partial charge < -0.3 is 15.5 Å². The van der Waals surface area contributed by atoms with Gasteiger partial charge in [0, 0.05) is 44.2 Å². The molecule has 2 aromatic heterocycles. The van der Waals surface area contributed by atoms with Crippen molar-refractivity contribution < 1.29 is 9.63 Å². The lowest BCUT2D eigenvalue weighted by molar-refractivity contribution is -0.123. The van der Waals surface area contributed by atoms with E-state index in [0.29, 0.717) is 18.5 Å². The van der Waals surface area contributed by atoms with Gasteiger partial charge in [0.25, 0.3) is 0 Å². The molecule has 5 rings (SSSR count). The molecule has 2 saturated carbocycles. The number of carbonyl (C=O) groups excluding carboxylic acids is 1. The van der Waals surface area contributed by atoms with Crippen molar-refractivity contribution in [2.45, 2.75) is 83.4 Å². The molecule has 8 nitrogen and oxygen atoms in total. The van der Waals surface area contributed by atoms with Gasteiger partial charge in [-0.15, -0.1) is 0 Å². The molecule has 0 radical (unpaired) electrons. The van der Waals surface area contributed by atoms with Gasteiger partial charge in [0.15, 0.2) is 5.65 Å². The Morgan fingerprint density at radius 2 is 2.06 bits per heavy atom. The molecule has 2 N–H and O–H groups in total. The molecule has 1 aliphatic heterocycles. The molecule has 8 heteroatoms. The first-order valence-corrected chi connectivity index (χ1v) is 11.7. The van der Waals surface area contributed by atoms with E-state index in [0.717, 1.165) is 53.8 Å². The SMILES string of the molecule is CCn1ncc2c(NC3CCCCC3)c(C3=NOC4(C3)CC(CNC(C)=O)C4)cnc21.